The number of nitrogens with one attached hydrogen (secondary N) is 1. The lowest BCUT2D eigenvalue weighted by Crippen LogP contribution is -2.13. The van der Waals surface area contributed by atoms with Crippen molar-refractivity contribution in [3.8, 4) is 6.07 Å². The molecule has 0 unspecified atom stereocenters. The van der Waals surface area contributed by atoms with Crippen LogP contribution in [0, 0.1) is 25.2 Å². The SMILES string of the molecule is CC/C=C(\c1cc(C#N)c(C)cc1C)c1cccc2c1CCCN2. The Hall–Kier alpha value is -2.53. The number of fused-ring (bicyclic) bond motifs is 1. The Morgan fingerprint density at radius 2 is 2.04 bits per heavy atom. The van der Waals surface area contributed by atoms with Crippen LogP contribution in [0.5, 0.6) is 0 Å². The zero-order valence-corrected chi connectivity index (χ0v) is 14.7. The predicted octanol–water partition coefficient (Wildman–Crippen LogP) is 5.37. The monoisotopic (exact) mass is 316 g/mol. The van der Waals surface area contributed by atoms with Gasteiger partial charge in [-0.3, -0.25) is 0 Å². The molecule has 1 aliphatic rings. The molecule has 1 heterocycles. The van der Waals surface area contributed by atoms with Crippen molar-refractivity contribution in [2.75, 3.05) is 11.9 Å². The Kier molecular flexibility index (Phi) is 4.71. The van der Waals surface area contributed by atoms with Gasteiger partial charge in [0.25, 0.3) is 0 Å². The second-order valence-electron chi connectivity index (χ2n) is 6.48. The van der Waals surface area contributed by atoms with Crippen molar-refractivity contribution < 1.29 is 0 Å². The Morgan fingerprint density at radius 3 is 2.79 bits per heavy atom. The van der Waals surface area contributed by atoms with Crippen LogP contribution in [0.4, 0.5) is 5.69 Å². The van der Waals surface area contributed by atoms with Gasteiger partial charge in [-0.05, 0) is 78.6 Å². The van der Waals surface area contributed by atoms with E-state index in [1.165, 1.54) is 39.9 Å². The average Bonchev–Trinajstić information content (AvgIpc) is 2.60. The third kappa shape index (κ3) is 2.95. The number of anilines is 1. The summed E-state index contributed by atoms with van der Waals surface area (Å²) in [5.41, 5.74) is 9.44. The second kappa shape index (κ2) is 6.93. The second-order valence-corrected chi connectivity index (χ2v) is 6.48. The van der Waals surface area contributed by atoms with Crippen LogP contribution in [0.15, 0.2) is 36.4 Å². The van der Waals surface area contributed by atoms with E-state index in [9.17, 15) is 5.26 Å². The first-order valence-electron chi connectivity index (χ1n) is 8.73. The summed E-state index contributed by atoms with van der Waals surface area (Å²) in [5, 5.41) is 12.9. The Morgan fingerprint density at radius 1 is 1.21 bits per heavy atom. The van der Waals surface area contributed by atoms with E-state index in [1.807, 2.05) is 6.92 Å². The predicted molar refractivity (Wildman–Crippen MR) is 101 cm³/mol. The van der Waals surface area contributed by atoms with Crippen LogP contribution in [0.25, 0.3) is 5.57 Å². The highest BCUT2D eigenvalue weighted by molar-refractivity contribution is 5.85. The highest BCUT2D eigenvalue weighted by Gasteiger charge is 2.17. The maximum atomic E-state index is 9.43. The summed E-state index contributed by atoms with van der Waals surface area (Å²) in [6, 6.07) is 13.0. The van der Waals surface area contributed by atoms with E-state index in [2.05, 4.69) is 61.6 Å². The van der Waals surface area contributed by atoms with Crippen molar-refractivity contribution in [1.29, 1.82) is 5.26 Å². The van der Waals surface area contributed by atoms with Gasteiger partial charge in [-0.2, -0.15) is 5.26 Å². The van der Waals surface area contributed by atoms with Gasteiger partial charge < -0.3 is 5.32 Å². The molecule has 0 radical (unpaired) electrons. The summed E-state index contributed by atoms with van der Waals surface area (Å²) >= 11 is 0. The molecule has 0 saturated carbocycles. The Labute approximate surface area is 144 Å². The van der Waals surface area contributed by atoms with Crippen molar-refractivity contribution in [3.05, 3.63) is 69.8 Å². The lowest BCUT2D eigenvalue weighted by molar-refractivity contribution is 0.828. The molecule has 122 valence electrons. The van der Waals surface area contributed by atoms with Gasteiger partial charge in [0.15, 0.2) is 0 Å². The molecule has 2 aromatic rings. The smallest absolute Gasteiger partial charge is 0.0994 e. The summed E-state index contributed by atoms with van der Waals surface area (Å²) in [7, 11) is 0. The maximum absolute atomic E-state index is 9.43. The van der Waals surface area contributed by atoms with E-state index in [0.717, 1.165) is 30.5 Å². The number of benzene rings is 2. The first-order chi connectivity index (χ1) is 11.7. The molecule has 0 bridgehead atoms. The van der Waals surface area contributed by atoms with Crippen molar-refractivity contribution in [1.82, 2.24) is 0 Å². The Balaban J connectivity index is 2.21. The molecule has 0 aliphatic carbocycles. The zero-order valence-electron chi connectivity index (χ0n) is 14.7. The number of hydrogen-bond acceptors (Lipinski definition) is 2. The van der Waals surface area contributed by atoms with Gasteiger partial charge in [0.1, 0.15) is 0 Å². The minimum atomic E-state index is 0.764. The van der Waals surface area contributed by atoms with Gasteiger partial charge in [-0.25, -0.2) is 0 Å². The van der Waals surface area contributed by atoms with E-state index < -0.39 is 0 Å². The third-order valence-electron chi connectivity index (χ3n) is 4.78. The molecule has 0 atom stereocenters. The fourth-order valence-corrected chi connectivity index (χ4v) is 3.59. The van der Waals surface area contributed by atoms with Crippen LogP contribution in [0.2, 0.25) is 0 Å². The topological polar surface area (TPSA) is 35.8 Å². The van der Waals surface area contributed by atoms with Crippen molar-refractivity contribution in [3.63, 3.8) is 0 Å². The summed E-state index contributed by atoms with van der Waals surface area (Å²) in [6.07, 6.45) is 5.54. The lowest BCUT2D eigenvalue weighted by atomic mass is 9.86. The van der Waals surface area contributed by atoms with Gasteiger partial charge in [-0.1, -0.05) is 31.2 Å². The number of rotatable bonds is 3. The van der Waals surface area contributed by atoms with Crippen molar-refractivity contribution >= 4 is 11.3 Å². The summed E-state index contributed by atoms with van der Waals surface area (Å²) in [6.45, 7) is 7.36. The van der Waals surface area contributed by atoms with Gasteiger partial charge in [0, 0.05) is 12.2 Å². The summed E-state index contributed by atoms with van der Waals surface area (Å²) in [4.78, 5) is 0. The first kappa shape index (κ1) is 16.3. The molecule has 0 saturated heterocycles. The zero-order chi connectivity index (χ0) is 17.1. The minimum Gasteiger partial charge on any atom is -0.385 e. The number of nitrogens with zero attached hydrogens (tertiary/aromatic N) is 1. The van der Waals surface area contributed by atoms with Gasteiger partial charge in [-0.15, -0.1) is 0 Å². The molecule has 0 amide bonds. The molecule has 2 aromatic carbocycles. The fourth-order valence-electron chi connectivity index (χ4n) is 3.59. The molecule has 1 N–H and O–H groups in total. The minimum absolute atomic E-state index is 0.764. The van der Waals surface area contributed by atoms with Crippen molar-refractivity contribution in [2.45, 2.75) is 40.0 Å². The van der Waals surface area contributed by atoms with Crippen LogP contribution in [0.3, 0.4) is 0 Å². The summed E-state index contributed by atoms with van der Waals surface area (Å²) in [5.74, 6) is 0. The standard InChI is InChI=1S/C22H24N2/c1-4-7-18(21-13-17(14-23)15(2)12-16(21)3)19-8-5-10-22-20(19)9-6-11-24-22/h5,7-8,10,12-13,24H,4,6,9,11H2,1-3H3/b18-7-. The molecule has 2 nitrogen and oxygen atoms in total. The van der Waals surface area contributed by atoms with E-state index in [-0.39, 0.29) is 0 Å². The maximum Gasteiger partial charge on any atom is 0.0994 e. The van der Waals surface area contributed by atoms with Gasteiger partial charge in [0.2, 0.25) is 0 Å². The number of hydrogen-bond donors (Lipinski definition) is 1. The largest absolute Gasteiger partial charge is 0.385 e. The van der Waals surface area contributed by atoms with E-state index in [0.29, 0.717) is 0 Å². The van der Waals surface area contributed by atoms with Crippen LogP contribution < -0.4 is 5.32 Å². The Bertz CT molecular complexity index is 838. The lowest BCUT2D eigenvalue weighted by Gasteiger charge is -2.23. The average molecular weight is 316 g/mol. The molecular weight excluding hydrogens is 292 g/mol. The molecule has 1 aliphatic heterocycles. The molecule has 0 spiro atoms. The van der Waals surface area contributed by atoms with Crippen LogP contribution in [0.1, 0.15) is 53.1 Å². The highest BCUT2D eigenvalue weighted by Crippen LogP contribution is 2.35. The van der Waals surface area contributed by atoms with E-state index >= 15 is 0 Å². The fraction of sp³-hybridized carbons (Fsp3) is 0.318. The normalized spacial score (nSPS) is 13.8. The molecule has 24 heavy (non-hydrogen) atoms. The van der Waals surface area contributed by atoms with Crippen molar-refractivity contribution in [2.24, 2.45) is 0 Å². The molecule has 2 heteroatoms. The number of nitriles is 1. The molecule has 0 aromatic heterocycles. The summed E-state index contributed by atoms with van der Waals surface area (Å²) < 4.78 is 0. The quantitative estimate of drug-likeness (QED) is 0.825. The molecule has 3 rings (SSSR count). The van der Waals surface area contributed by atoms with Crippen LogP contribution >= 0.6 is 0 Å². The third-order valence-corrected chi connectivity index (χ3v) is 4.78. The van der Waals surface area contributed by atoms with Gasteiger partial charge >= 0.3 is 0 Å². The molecule has 0 fully saturated rings. The number of allylic oxidation sites excluding steroid dienone is 1. The van der Waals surface area contributed by atoms with Gasteiger partial charge in [0.05, 0.1) is 11.6 Å². The van der Waals surface area contributed by atoms with E-state index in [4.69, 9.17) is 0 Å². The first-order valence-corrected chi connectivity index (χ1v) is 8.73. The van der Waals surface area contributed by atoms with E-state index in [1.54, 1.807) is 0 Å². The highest BCUT2D eigenvalue weighted by atomic mass is 14.9. The number of aryl methyl sites for hydroxylation is 2. The van der Waals surface area contributed by atoms with Crippen LogP contribution in [-0.4, -0.2) is 6.54 Å². The van der Waals surface area contributed by atoms with Crippen LogP contribution in [-0.2, 0) is 6.42 Å². The molecular formula is C22H24N2.